The van der Waals surface area contributed by atoms with E-state index in [1.54, 1.807) is 0 Å². The van der Waals surface area contributed by atoms with Gasteiger partial charge in [0.15, 0.2) is 0 Å². The smallest absolute Gasteiger partial charge is 0.222 e. The second-order valence-electron chi connectivity index (χ2n) is 4.01. The summed E-state index contributed by atoms with van der Waals surface area (Å²) in [6.07, 6.45) is 0. The summed E-state index contributed by atoms with van der Waals surface area (Å²) in [5, 5.41) is 0.704. The summed E-state index contributed by atoms with van der Waals surface area (Å²) in [4.78, 5) is 4.45. The highest BCUT2D eigenvalue weighted by Crippen LogP contribution is 2.29. The summed E-state index contributed by atoms with van der Waals surface area (Å²) in [6, 6.07) is 7.40. The van der Waals surface area contributed by atoms with Crippen LogP contribution in [0.1, 0.15) is 19.4 Å². The quantitative estimate of drug-likeness (QED) is 0.712. The van der Waals surface area contributed by atoms with Crippen LogP contribution in [0.4, 0.5) is 0 Å². The second-order valence-corrected chi connectivity index (χ2v) is 4.44. The van der Waals surface area contributed by atoms with E-state index in [1.165, 1.54) is 0 Å². The number of halogens is 1. The van der Waals surface area contributed by atoms with E-state index in [1.807, 2.05) is 38.1 Å². The SMILES string of the molecule is C=C1OC(c2ccc(Cl)cc2)=NC1(C)C. The van der Waals surface area contributed by atoms with E-state index in [2.05, 4.69) is 11.6 Å². The average molecular weight is 222 g/mol. The lowest BCUT2D eigenvalue weighted by molar-refractivity contribution is 0.384. The molecule has 1 aromatic carbocycles. The first-order chi connectivity index (χ1) is 6.99. The average Bonchev–Trinajstić information content (AvgIpc) is 2.42. The lowest BCUT2D eigenvalue weighted by Gasteiger charge is -2.11. The first-order valence-electron chi connectivity index (χ1n) is 4.72. The number of hydrogen-bond acceptors (Lipinski definition) is 2. The molecular weight excluding hydrogens is 210 g/mol. The van der Waals surface area contributed by atoms with E-state index in [0.29, 0.717) is 16.7 Å². The third-order valence-electron chi connectivity index (χ3n) is 2.37. The zero-order valence-corrected chi connectivity index (χ0v) is 9.51. The Morgan fingerprint density at radius 3 is 2.33 bits per heavy atom. The van der Waals surface area contributed by atoms with Crippen LogP contribution in [0.15, 0.2) is 41.6 Å². The summed E-state index contributed by atoms with van der Waals surface area (Å²) in [5.74, 6) is 1.29. The molecule has 0 radical (unpaired) electrons. The van der Waals surface area contributed by atoms with Crippen LogP contribution in [0.5, 0.6) is 0 Å². The van der Waals surface area contributed by atoms with Crippen LogP contribution in [0.2, 0.25) is 5.02 Å². The lowest BCUT2D eigenvalue weighted by Crippen LogP contribution is -2.14. The first kappa shape index (κ1) is 10.2. The van der Waals surface area contributed by atoms with E-state index < -0.39 is 0 Å². The Labute approximate surface area is 94.2 Å². The molecule has 1 aromatic rings. The van der Waals surface area contributed by atoms with Crippen LogP contribution in [0.25, 0.3) is 0 Å². The van der Waals surface area contributed by atoms with Gasteiger partial charge in [-0.05, 0) is 38.1 Å². The van der Waals surface area contributed by atoms with E-state index in [0.717, 1.165) is 5.56 Å². The van der Waals surface area contributed by atoms with Gasteiger partial charge in [-0.3, -0.25) is 0 Å². The molecule has 1 aliphatic rings. The molecule has 2 rings (SSSR count). The van der Waals surface area contributed by atoms with Crippen LogP contribution in [-0.4, -0.2) is 11.4 Å². The molecule has 2 nitrogen and oxygen atoms in total. The second kappa shape index (κ2) is 3.38. The zero-order valence-electron chi connectivity index (χ0n) is 8.75. The summed E-state index contributed by atoms with van der Waals surface area (Å²) in [6.45, 7) is 7.78. The highest BCUT2D eigenvalue weighted by atomic mass is 35.5. The molecule has 0 unspecified atom stereocenters. The van der Waals surface area contributed by atoms with E-state index in [4.69, 9.17) is 16.3 Å². The van der Waals surface area contributed by atoms with Gasteiger partial charge in [0.2, 0.25) is 5.90 Å². The lowest BCUT2D eigenvalue weighted by atomic mass is 10.1. The summed E-state index contributed by atoms with van der Waals surface area (Å²) in [7, 11) is 0. The van der Waals surface area contributed by atoms with Crippen LogP contribution >= 0.6 is 11.6 Å². The first-order valence-corrected chi connectivity index (χ1v) is 5.10. The van der Waals surface area contributed by atoms with Crippen LogP contribution < -0.4 is 0 Å². The maximum Gasteiger partial charge on any atom is 0.222 e. The summed E-state index contributed by atoms with van der Waals surface area (Å²) in [5.41, 5.74) is 0.584. The summed E-state index contributed by atoms with van der Waals surface area (Å²) < 4.78 is 5.51. The molecule has 0 saturated heterocycles. The van der Waals surface area contributed by atoms with Gasteiger partial charge in [0.25, 0.3) is 0 Å². The fourth-order valence-corrected chi connectivity index (χ4v) is 1.42. The minimum Gasteiger partial charge on any atom is -0.441 e. The number of aliphatic imine (C=N–C) groups is 1. The standard InChI is InChI=1S/C12H12ClNO/c1-8-12(2,3)14-11(15-8)9-4-6-10(13)7-5-9/h4-7H,1H2,2-3H3. The molecule has 1 heterocycles. The van der Waals surface area contributed by atoms with Gasteiger partial charge in [-0.1, -0.05) is 18.2 Å². The van der Waals surface area contributed by atoms with Crippen molar-refractivity contribution in [2.24, 2.45) is 4.99 Å². The molecule has 0 bridgehead atoms. The Bertz CT molecular complexity index is 431. The van der Waals surface area contributed by atoms with Crippen molar-refractivity contribution in [3.05, 3.63) is 47.2 Å². The van der Waals surface area contributed by atoms with Crippen molar-refractivity contribution in [2.45, 2.75) is 19.4 Å². The van der Waals surface area contributed by atoms with Gasteiger partial charge in [0.1, 0.15) is 11.3 Å². The third-order valence-corrected chi connectivity index (χ3v) is 2.63. The van der Waals surface area contributed by atoms with Crippen molar-refractivity contribution in [3.8, 4) is 0 Å². The number of ether oxygens (including phenoxy) is 1. The zero-order chi connectivity index (χ0) is 11.1. The molecule has 0 aromatic heterocycles. The molecule has 15 heavy (non-hydrogen) atoms. The molecule has 1 aliphatic heterocycles. The van der Waals surface area contributed by atoms with Crippen LogP contribution in [0, 0.1) is 0 Å². The molecule has 0 atom stereocenters. The van der Waals surface area contributed by atoms with Crippen molar-refractivity contribution in [2.75, 3.05) is 0 Å². The maximum absolute atomic E-state index is 5.80. The predicted molar refractivity (Wildman–Crippen MR) is 62.3 cm³/mol. The van der Waals surface area contributed by atoms with Gasteiger partial charge in [-0.15, -0.1) is 0 Å². The highest BCUT2D eigenvalue weighted by Gasteiger charge is 2.31. The van der Waals surface area contributed by atoms with Gasteiger partial charge < -0.3 is 4.74 Å². The van der Waals surface area contributed by atoms with Gasteiger partial charge in [0, 0.05) is 10.6 Å². The Morgan fingerprint density at radius 2 is 1.87 bits per heavy atom. The van der Waals surface area contributed by atoms with Crippen molar-refractivity contribution in [1.82, 2.24) is 0 Å². The number of nitrogens with zero attached hydrogens (tertiary/aromatic N) is 1. The minimum absolute atomic E-state index is 0.338. The number of hydrogen-bond donors (Lipinski definition) is 0. The molecule has 0 amide bonds. The Morgan fingerprint density at radius 1 is 1.27 bits per heavy atom. The molecule has 0 spiro atoms. The van der Waals surface area contributed by atoms with Crippen molar-refractivity contribution in [1.29, 1.82) is 0 Å². The Balaban J connectivity index is 2.35. The highest BCUT2D eigenvalue weighted by molar-refractivity contribution is 6.30. The maximum atomic E-state index is 5.80. The van der Waals surface area contributed by atoms with Crippen LogP contribution in [0.3, 0.4) is 0 Å². The summed E-state index contributed by atoms with van der Waals surface area (Å²) >= 11 is 5.80. The molecule has 3 heteroatoms. The Hall–Kier alpha value is -1.28. The minimum atomic E-state index is -0.338. The van der Waals surface area contributed by atoms with E-state index >= 15 is 0 Å². The van der Waals surface area contributed by atoms with Crippen molar-refractivity contribution in [3.63, 3.8) is 0 Å². The number of rotatable bonds is 1. The molecule has 0 aliphatic carbocycles. The molecule has 0 fully saturated rings. The molecule has 0 saturated carbocycles. The largest absolute Gasteiger partial charge is 0.441 e. The number of benzene rings is 1. The monoisotopic (exact) mass is 221 g/mol. The normalized spacial score (nSPS) is 18.6. The topological polar surface area (TPSA) is 21.6 Å². The molecule has 78 valence electrons. The van der Waals surface area contributed by atoms with Gasteiger partial charge >= 0.3 is 0 Å². The Kier molecular flexibility index (Phi) is 2.31. The fourth-order valence-electron chi connectivity index (χ4n) is 1.30. The molecular formula is C12H12ClNO. The van der Waals surface area contributed by atoms with Crippen molar-refractivity contribution < 1.29 is 4.74 Å². The van der Waals surface area contributed by atoms with Gasteiger partial charge in [-0.25, -0.2) is 4.99 Å². The van der Waals surface area contributed by atoms with Crippen molar-refractivity contribution >= 4 is 17.5 Å². The van der Waals surface area contributed by atoms with E-state index in [-0.39, 0.29) is 5.54 Å². The van der Waals surface area contributed by atoms with E-state index in [9.17, 15) is 0 Å². The molecule has 0 N–H and O–H groups in total. The fraction of sp³-hybridized carbons (Fsp3) is 0.250. The van der Waals surface area contributed by atoms with Crippen LogP contribution in [-0.2, 0) is 4.74 Å². The van der Waals surface area contributed by atoms with Gasteiger partial charge in [-0.2, -0.15) is 0 Å². The predicted octanol–water partition coefficient (Wildman–Crippen LogP) is 3.41. The van der Waals surface area contributed by atoms with Gasteiger partial charge in [0.05, 0.1) is 0 Å². The third kappa shape index (κ3) is 1.90.